The molecule has 19 heavy (non-hydrogen) atoms. The first-order chi connectivity index (χ1) is 8.91. The van der Waals surface area contributed by atoms with Crippen LogP contribution in [0.15, 0.2) is 29.2 Å². The molecule has 0 spiro atoms. The molecule has 1 aromatic carbocycles. The second-order valence-corrected chi connectivity index (χ2v) is 5.91. The first-order valence-electron chi connectivity index (χ1n) is 5.60. The molecule has 0 N–H and O–H groups in total. The third kappa shape index (κ3) is 3.72. The van der Waals surface area contributed by atoms with E-state index in [1.165, 1.54) is 38.4 Å². The van der Waals surface area contributed by atoms with E-state index in [0.717, 1.165) is 4.31 Å². The largest absolute Gasteiger partial charge is 0.385 e. The van der Waals surface area contributed by atoms with Gasteiger partial charge in [-0.2, -0.15) is 0 Å². The fourth-order valence-corrected chi connectivity index (χ4v) is 2.91. The number of benzene rings is 1. The lowest BCUT2D eigenvalue weighted by atomic mass is 10.3. The number of rotatable bonds is 7. The number of methoxy groups -OCH3 is 1. The molecule has 7 nitrogen and oxygen atoms in total. The fourth-order valence-electron chi connectivity index (χ4n) is 1.55. The summed E-state index contributed by atoms with van der Waals surface area (Å²) in [6.45, 7) is 0.666. The molecule has 0 aliphatic carbocycles. The number of hydrogen-bond acceptors (Lipinski definition) is 5. The Morgan fingerprint density at radius 1 is 1.37 bits per heavy atom. The first kappa shape index (κ1) is 15.5. The number of sulfonamides is 1. The molecule has 0 fully saturated rings. The van der Waals surface area contributed by atoms with Gasteiger partial charge in [0.15, 0.2) is 4.90 Å². The van der Waals surface area contributed by atoms with Crippen molar-refractivity contribution in [3.8, 4) is 0 Å². The summed E-state index contributed by atoms with van der Waals surface area (Å²) in [7, 11) is -0.944. The maximum absolute atomic E-state index is 12.2. The summed E-state index contributed by atoms with van der Waals surface area (Å²) >= 11 is 0. The highest BCUT2D eigenvalue weighted by molar-refractivity contribution is 7.89. The lowest BCUT2D eigenvalue weighted by molar-refractivity contribution is -0.387. The van der Waals surface area contributed by atoms with Crippen LogP contribution in [0.5, 0.6) is 0 Å². The van der Waals surface area contributed by atoms with Crippen LogP contribution in [0, 0.1) is 10.1 Å². The van der Waals surface area contributed by atoms with Gasteiger partial charge in [0.25, 0.3) is 5.69 Å². The van der Waals surface area contributed by atoms with Crippen molar-refractivity contribution in [1.29, 1.82) is 0 Å². The van der Waals surface area contributed by atoms with Gasteiger partial charge in [0, 0.05) is 33.4 Å². The van der Waals surface area contributed by atoms with Gasteiger partial charge in [-0.05, 0) is 12.5 Å². The van der Waals surface area contributed by atoms with Crippen LogP contribution in [0.25, 0.3) is 0 Å². The Morgan fingerprint density at radius 2 is 2.00 bits per heavy atom. The molecule has 0 bridgehead atoms. The standard InChI is InChI=1S/C11H16N2O5S/c1-12(8-5-9-18-2)19(16,17)11-7-4-3-6-10(11)13(14)15/h3-4,6-7H,5,8-9H2,1-2H3. The predicted octanol–water partition coefficient (Wildman–Crippen LogP) is 1.25. The Bertz CT molecular complexity index is 544. The summed E-state index contributed by atoms with van der Waals surface area (Å²) in [5.41, 5.74) is -0.416. The number of nitrogens with zero attached hydrogens (tertiary/aromatic N) is 2. The van der Waals surface area contributed by atoms with E-state index < -0.39 is 20.6 Å². The molecule has 0 unspecified atom stereocenters. The zero-order chi connectivity index (χ0) is 14.5. The Hall–Kier alpha value is -1.51. The highest BCUT2D eigenvalue weighted by Gasteiger charge is 2.28. The van der Waals surface area contributed by atoms with E-state index >= 15 is 0 Å². The SMILES string of the molecule is COCCCN(C)S(=O)(=O)c1ccccc1[N+](=O)[O-]. The van der Waals surface area contributed by atoms with Crippen LogP contribution in [-0.4, -0.2) is 45.0 Å². The van der Waals surface area contributed by atoms with Gasteiger partial charge in [-0.25, -0.2) is 12.7 Å². The molecule has 0 saturated carbocycles. The van der Waals surface area contributed by atoms with Crippen molar-refractivity contribution >= 4 is 15.7 Å². The monoisotopic (exact) mass is 288 g/mol. The Labute approximate surface area is 112 Å². The van der Waals surface area contributed by atoms with Crippen molar-refractivity contribution in [3.05, 3.63) is 34.4 Å². The Morgan fingerprint density at radius 3 is 2.58 bits per heavy atom. The topological polar surface area (TPSA) is 89.8 Å². The highest BCUT2D eigenvalue weighted by Crippen LogP contribution is 2.25. The molecule has 0 aliphatic rings. The number of para-hydroxylation sites is 1. The van der Waals surface area contributed by atoms with Crippen LogP contribution in [-0.2, 0) is 14.8 Å². The van der Waals surface area contributed by atoms with E-state index in [2.05, 4.69) is 0 Å². The van der Waals surface area contributed by atoms with E-state index in [9.17, 15) is 18.5 Å². The zero-order valence-electron chi connectivity index (χ0n) is 10.8. The molecule has 8 heteroatoms. The van der Waals surface area contributed by atoms with Gasteiger partial charge < -0.3 is 4.74 Å². The van der Waals surface area contributed by atoms with Gasteiger partial charge in [-0.1, -0.05) is 12.1 Å². The average molecular weight is 288 g/mol. The van der Waals surface area contributed by atoms with Gasteiger partial charge in [0.05, 0.1) is 4.92 Å². The zero-order valence-corrected chi connectivity index (χ0v) is 11.6. The lowest BCUT2D eigenvalue weighted by Gasteiger charge is -2.16. The van der Waals surface area contributed by atoms with Gasteiger partial charge >= 0.3 is 0 Å². The number of hydrogen-bond donors (Lipinski definition) is 0. The maximum Gasteiger partial charge on any atom is 0.289 e. The lowest BCUT2D eigenvalue weighted by Crippen LogP contribution is -2.29. The average Bonchev–Trinajstić information content (AvgIpc) is 2.38. The summed E-state index contributed by atoms with van der Waals surface area (Å²) in [5, 5.41) is 10.9. The normalized spacial score (nSPS) is 11.7. The molecule has 1 aromatic rings. The van der Waals surface area contributed by atoms with Crippen LogP contribution in [0.4, 0.5) is 5.69 Å². The first-order valence-corrected chi connectivity index (χ1v) is 7.04. The number of nitro benzene ring substituents is 1. The molecular formula is C11H16N2O5S. The van der Waals surface area contributed by atoms with E-state index in [-0.39, 0.29) is 11.4 Å². The predicted molar refractivity (Wildman–Crippen MR) is 69.4 cm³/mol. The summed E-state index contributed by atoms with van der Waals surface area (Å²) in [6.07, 6.45) is 0.521. The van der Waals surface area contributed by atoms with Crippen LogP contribution in [0.1, 0.15) is 6.42 Å². The van der Waals surface area contributed by atoms with E-state index in [0.29, 0.717) is 13.0 Å². The molecular weight excluding hydrogens is 272 g/mol. The molecule has 106 valence electrons. The summed E-state index contributed by atoms with van der Waals surface area (Å²) < 4.78 is 30.4. The van der Waals surface area contributed by atoms with E-state index in [1.54, 1.807) is 0 Å². The minimum absolute atomic E-state index is 0.238. The third-order valence-electron chi connectivity index (χ3n) is 2.57. The highest BCUT2D eigenvalue weighted by atomic mass is 32.2. The van der Waals surface area contributed by atoms with Crippen LogP contribution in [0.3, 0.4) is 0 Å². The van der Waals surface area contributed by atoms with Crippen molar-refractivity contribution in [1.82, 2.24) is 4.31 Å². The number of ether oxygens (including phenoxy) is 1. The summed E-state index contributed by atoms with van der Waals surface area (Å²) in [5.74, 6) is 0. The minimum atomic E-state index is -3.86. The van der Waals surface area contributed by atoms with Crippen molar-refractivity contribution in [3.63, 3.8) is 0 Å². The van der Waals surface area contributed by atoms with Crippen LogP contribution < -0.4 is 0 Å². The summed E-state index contributed by atoms with van der Waals surface area (Å²) in [4.78, 5) is 9.86. The van der Waals surface area contributed by atoms with Gasteiger partial charge in [0.1, 0.15) is 0 Å². The molecule has 0 heterocycles. The molecule has 1 rings (SSSR count). The van der Waals surface area contributed by atoms with Crippen LogP contribution >= 0.6 is 0 Å². The molecule has 0 amide bonds. The Balaban J connectivity index is 3.03. The molecule has 0 saturated heterocycles. The Kier molecular flexibility index (Phi) is 5.40. The third-order valence-corrected chi connectivity index (χ3v) is 4.48. The molecule has 0 radical (unpaired) electrons. The van der Waals surface area contributed by atoms with Crippen LogP contribution in [0.2, 0.25) is 0 Å². The minimum Gasteiger partial charge on any atom is -0.385 e. The maximum atomic E-state index is 12.2. The van der Waals surface area contributed by atoms with Crippen molar-refractivity contribution in [2.75, 3.05) is 27.3 Å². The van der Waals surface area contributed by atoms with Gasteiger partial charge in [-0.3, -0.25) is 10.1 Å². The quantitative estimate of drug-likeness (QED) is 0.428. The molecule has 0 aromatic heterocycles. The molecule has 0 aliphatic heterocycles. The van der Waals surface area contributed by atoms with Crippen molar-refractivity contribution in [2.45, 2.75) is 11.3 Å². The van der Waals surface area contributed by atoms with Gasteiger partial charge in [-0.15, -0.1) is 0 Å². The van der Waals surface area contributed by atoms with E-state index in [1.807, 2.05) is 0 Å². The summed E-state index contributed by atoms with van der Waals surface area (Å²) in [6, 6.07) is 5.31. The fraction of sp³-hybridized carbons (Fsp3) is 0.455. The van der Waals surface area contributed by atoms with E-state index in [4.69, 9.17) is 4.74 Å². The van der Waals surface area contributed by atoms with Crippen molar-refractivity contribution in [2.24, 2.45) is 0 Å². The second kappa shape index (κ2) is 6.60. The van der Waals surface area contributed by atoms with Crippen molar-refractivity contribution < 1.29 is 18.1 Å². The second-order valence-electron chi connectivity index (χ2n) is 3.90. The smallest absolute Gasteiger partial charge is 0.289 e. The molecule has 0 atom stereocenters. The number of nitro groups is 1. The van der Waals surface area contributed by atoms with Gasteiger partial charge in [0.2, 0.25) is 10.0 Å².